The molecule has 1 unspecified atom stereocenters. The van der Waals surface area contributed by atoms with Crippen LogP contribution in [0.4, 0.5) is 5.69 Å². The van der Waals surface area contributed by atoms with E-state index in [4.69, 9.17) is 22.1 Å². The average molecular weight is 309 g/mol. The minimum Gasteiger partial charge on any atom is -0.380 e. The van der Waals surface area contributed by atoms with Crippen LogP contribution in [0.25, 0.3) is 5.69 Å². The quantitative estimate of drug-likeness (QED) is 0.853. The molecule has 7 heteroatoms. The van der Waals surface area contributed by atoms with Crippen molar-refractivity contribution in [2.75, 3.05) is 19.0 Å². The Morgan fingerprint density at radius 3 is 2.95 bits per heavy atom. The molecule has 112 valence electrons. The molecular formula is C14H17ClN4O2. The lowest BCUT2D eigenvalue weighted by Crippen LogP contribution is -2.28. The van der Waals surface area contributed by atoms with Gasteiger partial charge in [0.05, 0.1) is 23.2 Å². The zero-order chi connectivity index (χ0) is 15.2. The number of amides is 1. The number of aromatic nitrogens is 2. The molecule has 2 aromatic rings. The largest absolute Gasteiger partial charge is 0.380 e. The number of rotatable bonds is 6. The monoisotopic (exact) mass is 308 g/mol. The minimum absolute atomic E-state index is 0.179. The number of hydrogen-bond acceptors (Lipinski definition) is 4. The SMILES string of the molecule is COC(CN)CC(=O)Nc1cccc(Cl)c1-n1cccn1. The Bertz CT molecular complexity index is 597. The molecule has 1 amide bonds. The second kappa shape index (κ2) is 7.21. The average Bonchev–Trinajstić information content (AvgIpc) is 2.98. The first kappa shape index (κ1) is 15.5. The predicted molar refractivity (Wildman–Crippen MR) is 81.7 cm³/mol. The second-order valence-corrected chi connectivity index (χ2v) is 4.84. The molecule has 1 aromatic carbocycles. The van der Waals surface area contributed by atoms with E-state index in [2.05, 4.69) is 10.4 Å². The number of nitrogens with two attached hydrogens (primary N) is 1. The van der Waals surface area contributed by atoms with Gasteiger partial charge in [0.1, 0.15) is 5.69 Å². The summed E-state index contributed by atoms with van der Waals surface area (Å²) in [5, 5.41) is 7.46. The molecule has 0 aliphatic carbocycles. The molecule has 0 radical (unpaired) electrons. The molecule has 1 aromatic heterocycles. The number of nitrogens with one attached hydrogen (secondary N) is 1. The van der Waals surface area contributed by atoms with E-state index in [1.54, 1.807) is 41.3 Å². The van der Waals surface area contributed by atoms with Gasteiger partial charge in [0.2, 0.25) is 5.91 Å². The lowest BCUT2D eigenvalue weighted by atomic mass is 10.2. The predicted octanol–water partition coefficient (Wildman–Crippen LogP) is 1.83. The molecule has 1 heterocycles. The number of ether oxygens (including phenoxy) is 1. The molecule has 0 aliphatic rings. The summed E-state index contributed by atoms with van der Waals surface area (Å²) in [4.78, 5) is 12.1. The molecule has 1 atom stereocenters. The number of para-hydroxylation sites is 1. The van der Waals surface area contributed by atoms with Crippen molar-refractivity contribution in [3.8, 4) is 5.69 Å². The van der Waals surface area contributed by atoms with Crippen LogP contribution in [0.1, 0.15) is 6.42 Å². The van der Waals surface area contributed by atoms with Crippen molar-refractivity contribution in [1.29, 1.82) is 0 Å². The number of anilines is 1. The maximum absolute atomic E-state index is 12.1. The number of hydrogen-bond donors (Lipinski definition) is 2. The molecule has 0 aliphatic heterocycles. The van der Waals surface area contributed by atoms with E-state index in [9.17, 15) is 4.79 Å². The van der Waals surface area contributed by atoms with Gasteiger partial charge in [-0.2, -0.15) is 5.10 Å². The van der Waals surface area contributed by atoms with Crippen LogP contribution in [-0.2, 0) is 9.53 Å². The van der Waals surface area contributed by atoms with E-state index >= 15 is 0 Å². The summed E-state index contributed by atoms with van der Waals surface area (Å²) < 4.78 is 6.71. The van der Waals surface area contributed by atoms with Crippen LogP contribution in [0, 0.1) is 0 Å². The fraction of sp³-hybridized carbons (Fsp3) is 0.286. The van der Waals surface area contributed by atoms with Gasteiger partial charge in [-0.1, -0.05) is 17.7 Å². The van der Waals surface area contributed by atoms with Gasteiger partial charge in [-0.3, -0.25) is 4.79 Å². The first-order chi connectivity index (χ1) is 10.2. The van der Waals surface area contributed by atoms with Crippen LogP contribution < -0.4 is 11.1 Å². The Morgan fingerprint density at radius 2 is 2.33 bits per heavy atom. The summed E-state index contributed by atoms with van der Waals surface area (Å²) in [6.45, 7) is 0.283. The van der Waals surface area contributed by atoms with Gasteiger partial charge in [-0.25, -0.2) is 4.68 Å². The van der Waals surface area contributed by atoms with Gasteiger partial charge in [0, 0.05) is 26.0 Å². The maximum Gasteiger partial charge on any atom is 0.227 e. The Kier molecular flexibility index (Phi) is 5.32. The fourth-order valence-electron chi connectivity index (χ4n) is 1.92. The van der Waals surface area contributed by atoms with Crippen LogP contribution in [0.15, 0.2) is 36.7 Å². The van der Waals surface area contributed by atoms with Gasteiger partial charge in [0.15, 0.2) is 0 Å². The van der Waals surface area contributed by atoms with E-state index in [1.807, 2.05) is 0 Å². The molecule has 0 saturated heterocycles. The third-order valence-electron chi connectivity index (χ3n) is 3.00. The second-order valence-electron chi connectivity index (χ2n) is 4.43. The Hall–Kier alpha value is -1.89. The Balaban J connectivity index is 2.21. The van der Waals surface area contributed by atoms with E-state index in [-0.39, 0.29) is 25.0 Å². The number of benzene rings is 1. The van der Waals surface area contributed by atoms with Crippen molar-refractivity contribution < 1.29 is 9.53 Å². The molecule has 21 heavy (non-hydrogen) atoms. The fourth-order valence-corrected chi connectivity index (χ4v) is 2.18. The number of methoxy groups -OCH3 is 1. The van der Waals surface area contributed by atoms with E-state index in [1.165, 1.54) is 7.11 Å². The van der Waals surface area contributed by atoms with Gasteiger partial charge >= 0.3 is 0 Å². The smallest absolute Gasteiger partial charge is 0.227 e. The number of halogens is 1. The van der Waals surface area contributed by atoms with Crippen molar-refractivity contribution in [3.63, 3.8) is 0 Å². The minimum atomic E-state index is -0.308. The standard InChI is InChI=1S/C14H17ClN4O2/c1-21-10(9-16)8-13(20)18-12-5-2-4-11(15)14(12)19-7-3-6-17-19/h2-7,10H,8-9,16H2,1H3,(H,18,20). The van der Waals surface area contributed by atoms with Gasteiger partial charge in [0.25, 0.3) is 0 Å². The zero-order valence-corrected chi connectivity index (χ0v) is 12.4. The highest BCUT2D eigenvalue weighted by Gasteiger charge is 2.15. The third kappa shape index (κ3) is 3.81. The summed E-state index contributed by atoms with van der Waals surface area (Å²) in [5.41, 5.74) is 6.73. The molecule has 0 fully saturated rings. The lowest BCUT2D eigenvalue weighted by molar-refractivity contribution is -0.118. The molecule has 6 nitrogen and oxygen atoms in total. The van der Waals surface area contributed by atoms with Gasteiger partial charge in [-0.15, -0.1) is 0 Å². The highest BCUT2D eigenvalue weighted by Crippen LogP contribution is 2.28. The van der Waals surface area contributed by atoms with Crippen LogP contribution >= 0.6 is 11.6 Å². The van der Waals surface area contributed by atoms with Crippen LogP contribution in [0.2, 0.25) is 5.02 Å². The Morgan fingerprint density at radius 1 is 1.52 bits per heavy atom. The van der Waals surface area contributed by atoms with E-state index in [0.717, 1.165) is 0 Å². The first-order valence-corrected chi connectivity index (χ1v) is 6.84. The zero-order valence-electron chi connectivity index (χ0n) is 11.6. The lowest BCUT2D eigenvalue weighted by Gasteiger charge is -2.15. The maximum atomic E-state index is 12.1. The molecular weight excluding hydrogens is 292 g/mol. The van der Waals surface area contributed by atoms with Gasteiger partial charge < -0.3 is 15.8 Å². The van der Waals surface area contributed by atoms with Crippen LogP contribution in [0.3, 0.4) is 0 Å². The molecule has 0 saturated carbocycles. The molecule has 2 rings (SSSR count). The van der Waals surface area contributed by atoms with Gasteiger partial charge in [-0.05, 0) is 18.2 Å². The highest BCUT2D eigenvalue weighted by molar-refractivity contribution is 6.33. The number of nitrogens with zero attached hydrogens (tertiary/aromatic N) is 2. The highest BCUT2D eigenvalue weighted by atomic mass is 35.5. The summed E-state index contributed by atoms with van der Waals surface area (Å²) in [5.74, 6) is -0.192. The first-order valence-electron chi connectivity index (χ1n) is 6.47. The van der Waals surface area contributed by atoms with E-state index in [0.29, 0.717) is 16.4 Å². The van der Waals surface area contributed by atoms with Crippen LogP contribution in [-0.4, -0.2) is 35.4 Å². The van der Waals surface area contributed by atoms with Crippen molar-refractivity contribution in [2.24, 2.45) is 5.73 Å². The number of carbonyl (C=O) groups is 1. The molecule has 3 N–H and O–H groups in total. The summed E-state index contributed by atoms with van der Waals surface area (Å²) >= 11 is 6.21. The summed E-state index contributed by atoms with van der Waals surface area (Å²) in [6, 6.07) is 7.06. The molecule has 0 bridgehead atoms. The Labute approximate surface area is 127 Å². The number of carbonyl (C=O) groups excluding carboxylic acids is 1. The van der Waals surface area contributed by atoms with E-state index < -0.39 is 0 Å². The van der Waals surface area contributed by atoms with Crippen molar-refractivity contribution in [1.82, 2.24) is 9.78 Å². The topological polar surface area (TPSA) is 82.2 Å². The summed E-state index contributed by atoms with van der Waals surface area (Å²) in [6.07, 6.45) is 3.27. The summed E-state index contributed by atoms with van der Waals surface area (Å²) in [7, 11) is 1.53. The molecule has 0 spiro atoms. The third-order valence-corrected chi connectivity index (χ3v) is 3.31. The van der Waals surface area contributed by atoms with Crippen molar-refractivity contribution in [2.45, 2.75) is 12.5 Å². The van der Waals surface area contributed by atoms with Crippen LogP contribution in [0.5, 0.6) is 0 Å². The van der Waals surface area contributed by atoms with Crippen molar-refractivity contribution in [3.05, 3.63) is 41.7 Å². The normalized spacial score (nSPS) is 12.1. The van der Waals surface area contributed by atoms with Crippen molar-refractivity contribution >= 4 is 23.2 Å².